The molecular weight excluding hydrogens is 341 g/mol. The quantitative estimate of drug-likeness (QED) is 0.468. The van der Waals surface area contributed by atoms with Crippen LogP contribution in [-0.4, -0.2) is 51.3 Å². The molecule has 0 aromatic heterocycles. The SMILES string of the molecule is CN=C(NCC1CC1C)N(C)CC1CCOC1.I. The summed E-state index contributed by atoms with van der Waals surface area (Å²) in [6.45, 7) is 6.25. The zero-order valence-electron chi connectivity index (χ0n) is 11.7. The van der Waals surface area contributed by atoms with Crippen molar-refractivity contribution in [3.8, 4) is 0 Å². The molecule has 5 heteroatoms. The summed E-state index contributed by atoms with van der Waals surface area (Å²) in [7, 11) is 3.98. The third-order valence-electron chi connectivity index (χ3n) is 3.93. The van der Waals surface area contributed by atoms with Crippen LogP contribution in [0, 0.1) is 17.8 Å². The van der Waals surface area contributed by atoms with Crippen molar-refractivity contribution >= 4 is 29.9 Å². The van der Waals surface area contributed by atoms with Crippen molar-refractivity contribution in [3.63, 3.8) is 0 Å². The first-order valence-electron chi connectivity index (χ1n) is 6.70. The molecule has 4 nitrogen and oxygen atoms in total. The summed E-state index contributed by atoms with van der Waals surface area (Å²) in [5.41, 5.74) is 0. The number of halogens is 1. The Morgan fingerprint density at radius 2 is 2.22 bits per heavy atom. The van der Waals surface area contributed by atoms with Crippen molar-refractivity contribution < 1.29 is 4.74 Å². The summed E-state index contributed by atoms with van der Waals surface area (Å²) in [6.07, 6.45) is 2.55. The van der Waals surface area contributed by atoms with Crippen molar-refractivity contribution in [1.82, 2.24) is 10.2 Å². The van der Waals surface area contributed by atoms with Crippen molar-refractivity contribution in [3.05, 3.63) is 0 Å². The predicted octanol–water partition coefficient (Wildman–Crippen LogP) is 1.80. The molecule has 1 aliphatic carbocycles. The van der Waals surface area contributed by atoms with E-state index in [0.29, 0.717) is 5.92 Å². The minimum absolute atomic E-state index is 0. The largest absolute Gasteiger partial charge is 0.381 e. The Morgan fingerprint density at radius 3 is 2.72 bits per heavy atom. The first kappa shape index (κ1) is 16.0. The van der Waals surface area contributed by atoms with Gasteiger partial charge in [0.2, 0.25) is 0 Å². The summed E-state index contributed by atoms with van der Waals surface area (Å²) in [5.74, 6) is 3.44. The second-order valence-electron chi connectivity index (χ2n) is 5.51. The molecular formula is C13H26IN3O. The molecule has 1 heterocycles. The van der Waals surface area contributed by atoms with Gasteiger partial charge in [-0.2, -0.15) is 0 Å². The Hall–Kier alpha value is -0.0400. The van der Waals surface area contributed by atoms with E-state index in [1.165, 1.54) is 12.8 Å². The fourth-order valence-corrected chi connectivity index (χ4v) is 2.49. The van der Waals surface area contributed by atoms with E-state index < -0.39 is 0 Å². The van der Waals surface area contributed by atoms with E-state index in [1.807, 2.05) is 7.05 Å². The number of ether oxygens (including phenoxy) is 1. The third kappa shape index (κ3) is 4.57. The summed E-state index contributed by atoms with van der Waals surface area (Å²) in [4.78, 5) is 6.57. The van der Waals surface area contributed by atoms with Gasteiger partial charge >= 0.3 is 0 Å². The van der Waals surface area contributed by atoms with E-state index in [0.717, 1.165) is 44.1 Å². The van der Waals surface area contributed by atoms with Crippen molar-refractivity contribution in [2.75, 3.05) is 40.4 Å². The van der Waals surface area contributed by atoms with Gasteiger partial charge in [0.1, 0.15) is 0 Å². The van der Waals surface area contributed by atoms with Gasteiger partial charge in [-0.1, -0.05) is 6.92 Å². The molecule has 18 heavy (non-hydrogen) atoms. The van der Waals surface area contributed by atoms with Crippen LogP contribution in [-0.2, 0) is 4.74 Å². The molecule has 1 saturated carbocycles. The minimum Gasteiger partial charge on any atom is -0.381 e. The molecule has 3 atom stereocenters. The fourth-order valence-electron chi connectivity index (χ4n) is 2.49. The molecule has 0 radical (unpaired) electrons. The normalized spacial score (nSPS) is 30.8. The van der Waals surface area contributed by atoms with Gasteiger partial charge in [0.15, 0.2) is 5.96 Å². The number of rotatable bonds is 4. The van der Waals surface area contributed by atoms with Gasteiger partial charge in [-0.25, -0.2) is 0 Å². The van der Waals surface area contributed by atoms with E-state index in [9.17, 15) is 0 Å². The van der Waals surface area contributed by atoms with Crippen molar-refractivity contribution in [2.45, 2.75) is 19.8 Å². The molecule has 0 spiro atoms. The first-order valence-corrected chi connectivity index (χ1v) is 6.70. The summed E-state index contributed by atoms with van der Waals surface area (Å²) >= 11 is 0. The van der Waals surface area contributed by atoms with Gasteiger partial charge in [-0.15, -0.1) is 24.0 Å². The van der Waals surface area contributed by atoms with Gasteiger partial charge in [0.05, 0.1) is 6.61 Å². The van der Waals surface area contributed by atoms with Crippen LogP contribution >= 0.6 is 24.0 Å². The van der Waals surface area contributed by atoms with Crippen LogP contribution < -0.4 is 5.32 Å². The van der Waals surface area contributed by atoms with Gasteiger partial charge in [0.25, 0.3) is 0 Å². The first-order chi connectivity index (χ1) is 8.20. The average molecular weight is 367 g/mol. The monoisotopic (exact) mass is 367 g/mol. The van der Waals surface area contributed by atoms with E-state index in [2.05, 4.69) is 29.2 Å². The molecule has 1 aliphatic heterocycles. The summed E-state index contributed by atoms with van der Waals surface area (Å²) in [5, 5.41) is 3.47. The summed E-state index contributed by atoms with van der Waals surface area (Å²) < 4.78 is 5.41. The van der Waals surface area contributed by atoms with Gasteiger partial charge in [0, 0.05) is 39.7 Å². The lowest BCUT2D eigenvalue weighted by Gasteiger charge is -2.24. The molecule has 2 aliphatic rings. The maximum Gasteiger partial charge on any atom is 0.193 e. The number of guanidine groups is 1. The number of hydrogen-bond donors (Lipinski definition) is 1. The maximum atomic E-state index is 5.41. The lowest BCUT2D eigenvalue weighted by atomic mass is 10.1. The molecule has 3 unspecified atom stereocenters. The lowest BCUT2D eigenvalue weighted by Crippen LogP contribution is -2.42. The van der Waals surface area contributed by atoms with Crippen molar-refractivity contribution in [2.24, 2.45) is 22.7 Å². The van der Waals surface area contributed by atoms with E-state index in [1.54, 1.807) is 0 Å². The molecule has 1 saturated heterocycles. The zero-order chi connectivity index (χ0) is 12.3. The van der Waals surface area contributed by atoms with Crippen LogP contribution in [0.2, 0.25) is 0 Å². The molecule has 2 rings (SSSR count). The smallest absolute Gasteiger partial charge is 0.193 e. The standard InChI is InChI=1S/C13H25N3O.HI/c1-10-6-12(10)7-15-13(14-2)16(3)8-11-4-5-17-9-11;/h10-12H,4-9H2,1-3H3,(H,14,15);1H. The number of aliphatic imine (C=N–C) groups is 1. The highest BCUT2D eigenvalue weighted by Crippen LogP contribution is 2.36. The molecule has 0 aromatic rings. The lowest BCUT2D eigenvalue weighted by molar-refractivity contribution is 0.181. The predicted molar refractivity (Wildman–Crippen MR) is 85.6 cm³/mol. The highest BCUT2D eigenvalue weighted by atomic mass is 127. The van der Waals surface area contributed by atoms with Crippen LogP contribution in [0.4, 0.5) is 0 Å². The van der Waals surface area contributed by atoms with Gasteiger partial charge in [-0.3, -0.25) is 4.99 Å². The Balaban J connectivity index is 0.00000162. The maximum absolute atomic E-state index is 5.41. The van der Waals surface area contributed by atoms with Crippen LogP contribution in [0.15, 0.2) is 4.99 Å². The highest BCUT2D eigenvalue weighted by molar-refractivity contribution is 14.0. The second kappa shape index (κ2) is 7.53. The van der Waals surface area contributed by atoms with E-state index in [4.69, 9.17) is 4.74 Å². The van der Waals surface area contributed by atoms with Gasteiger partial charge in [-0.05, 0) is 24.7 Å². The topological polar surface area (TPSA) is 36.9 Å². The van der Waals surface area contributed by atoms with E-state index >= 15 is 0 Å². The molecule has 0 bridgehead atoms. The molecule has 0 aromatic carbocycles. The Morgan fingerprint density at radius 1 is 1.50 bits per heavy atom. The molecule has 1 N–H and O–H groups in total. The van der Waals surface area contributed by atoms with Gasteiger partial charge < -0.3 is 15.0 Å². The number of nitrogens with one attached hydrogen (secondary N) is 1. The minimum atomic E-state index is 0. The number of nitrogens with zero attached hydrogens (tertiary/aromatic N) is 2. The number of hydrogen-bond acceptors (Lipinski definition) is 2. The van der Waals surface area contributed by atoms with Crippen LogP contribution in [0.1, 0.15) is 19.8 Å². The Labute approximate surface area is 128 Å². The fraction of sp³-hybridized carbons (Fsp3) is 0.923. The Bertz CT molecular complexity index is 279. The Kier molecular flexibility index (Phi) is 6.70. The van der Waals surface area contributed by atoms with Crippen LogP contribution in [0.5, 0.6) is 0 Å². The molecule has 106 valence electrons. The highest BCUT2D eigenvalue weighted by Gasteiger charge is 2.32. The second-order valence-corrected chi connectivity index (χ2v) is 5.51. The van der Waals surface area contributed by atoms with Crippen LogP contribution in [0.3, 0.4) is 0 Å². The molecule has 0 amide bonds. The molecule has 2 fully saturated rings. The average Bonchev–Trinajstić information content (AvgIpc) is 2.79. The van der Waals surface area contributed by atoms with Crippen LogP contribution in [0.25, 0.3) is 0 Å². The van der Waals surface area contributed by atoms with Crippen molar-refractivity contribution in [1.29, 1.82) is 0 Å². The third-order valence-corrected chi connectivity index (χ3v) is 3.93. The summed E-state index contributed by atoms with van der Waals surface area (Å²) in [6, 6.07) is 0. The van der Waals surface area contributed by atoms with E-state index in [-0.39, 0.29) is 24.0 Å². The zero-order valence-corrected chi connectivity index (χ0v) is 14.0.